The van der Waals surface area contributed by atoms with Crippen molar-refractivity contribution in [1.82, 2.24) is 19.5 Å². The summed E-state index contributed by atoms with van der Waals surface area (Å²) in [5, 5.41) is 4.85. The SMILES string of the molecule is CCN1CCN(c2ccc3ncc(-c4ccccc4)n3n2)CC1. The zero-order valence-corrected chi connectivity index (χ0v) is 13.4. The lowest BCUT2D eigenvalue weighted by atomic mass is 10.2. The lowest BCUT2D eigenvalue weighted by Gasteiger charge is -2.34. The van der Waals surface area contributed by atoms with E-state index in [1.807, 2.05) is 28.9 Å². The summed E-state index contributed by atoms with van der Waals surface area (Å²) in [6.07, 6.45) is 1.90. The van der Waals surface area contributed by atoms with Gasteiger partial charge in [0.25, 0.3) is 0 Å². The number of rotatable bonds is 3. The van der Waals surface area contributed by atoms with E-state index in [-0.39, 0.29) is 0 Å². The van der Waals surface area contributed by atoms with Crippen LogP contribution in [0.25, 0.3) is 16.9 Å². The van der Waals surface area contributed by atoms with Gasteiger partial charge >= 0.3 is 0 Å². The molecule has 0 atom stereocenters. The van der Waals surface area contributed by atoms with E-state index in [0.29, 0.717) is 0 Å². The number of likely N-dealkylation sites (N-methyl/N-ethyl adjacent to an activating group) is 1. The summed E-state index contributed by atoms with van der Waals surface area (Å²) in [7, 11) is 0. The average molecular weight is 307 g/mol. The lowest BCUT2D eigenvalue weighted by Crippen LogP contribution is -2.46. The smallest absolute Gasteiger partial charge is 0.154 e. The number of hydrogen-bond donors (Lipinski definition) is 0. The Morgan fingerprint density at radius 3 is 2.48 bits per heavy atom. The van der Waals surface area contributed by atoms with Crippen LogP contribution in [0.3, 0.4) is 0 Å². The summed E-state index contributed by atoms with van der Waals surface area (Å²) in [5.74, 6) is 1.03. The molecule has 1 aliphatic rings. The Morgan fingerprint density at radius 1 is 0.957 bits per heavy atom. The van der Waals surface area contributed by atoms with Crippen molar-refractivity contribution in [1.29, 1.82) is 0 Å². The molecule has 4 rings (SSSR count). The van der Waals surface area contributed by atoms with Crippen molar-refractivity contribution in [3.63, 3.8) is 0 Å². The third-order valence-electron chi connectivity index (χ3n) is 4.56. The van der Waals surface area contributed by atoms with Gasteiger partial charge in [0, 0.05) is 31.7 Å². The maximum Gasteiger partial charge on any atom is 0.154 e. The minimum Gasteiger partial charge on any atom is -0.353 e. The summed E-state index contributed by atoms with van der Waals surface area (Å²) < 4.78 is 1.96. The fourth-order valence-corrected chi connectivity index (χ4v) is 3.13. The first-order chi connectivity index (χ1) is 11.3. The molecule has 0 radical (unpaired) electrons. The van der Waals surface area contributed by atoms with E-state index in [9.17, 15) is 0 Å². The fourth-order valence-electron chi connectivity index (χ4n) is 3.13. The van der Waals surface area contributed by atoms with Crippen molar-refractivity contribution in [2.75, 3.05) is 37.6 Å². The molecule has 1 fully saturated rings. The van der Waals surface area contributed by atoms with Crippen LogP contribution in [0.15, 0.2) is 48.7 Å². The zero-order chi connectivity index (χ0) is 15.6. The molecule has 5 heteroatoms. The normalized spacial score (nSPS) is 16.1. The number of imidazole rings is 1. The Kier molecular flexibility index (Phi) is 3.71. The highest BCUT2D eigenvalue weighted by atomic mass is 15.4. The molecular weight excluding hydrogens is 286 g/mol. The van der Waals surface area contributed by atoms with E-state index < -0.39 is 0 Å². The van der Waals surface area contributed by atoms with Crippen LogP contribution in [0.2, 0.25) is 0 Å². The highest BCUT2D eigenvalue weighted by molar-refractivity contribution is 5.63. The topological polar surface area (TPSA) is 36.7 Å². The predicted octanol–water partition coefficient (Wildman–Crippen LogP) is 2.54. The molecule has 23 heavy (non-hydrogen) atoms. The molecule has 118 valence electrons. The summed E-state index contributed by atoms with van der Waals surface area (Å²) in [6, 6.07) is 14.4. The van der Waals surface area contributed by atoms with Crippen LogP contribution in [0, 0.1) is 0 Å². The van der Waals surface area contributed by atoms with E-state index in [0.717, 1.165) is 55.4 Å². The predicted molar refractivity (Wildman–Crippen MR) is 92.8 cm³/mol. The number of aromatic nitrogens is 3. The number of nitrogens with zero attached hydrogens (tertiary/aromatic N) is 5. The molecular formula is C18H21N5. The van der Waals surface area contributed by atoms with Crippen LogP contribution in [-0.4, -0.2) is 52.2 Å². The summed E-state index contributed by atoms with van der Waals surface area (Å²) >= 11 is 0. The standard InChI is InChI=1S/C18H21N5/c1-2-21-10-12-22(13-11-21)18-9-8-17-19-14-16(23(17)20-18)15-6-4-3-5-7-15/h3-9,14H,2,10-13H2,1H3. The van der Waals surface area contributed by atoms with Gasteiger partial charge in [-0.05, 0) is 18.7 Å². The van der Waals surface area contributed by atoms with Crippen molar-refractivity contribution in [2.24, 2.45) is 0 Å². The van der Waals surface area contributed by atoms with Gasteiger partial charge in [0.1, 0.15) is 5.82 Å². The van der Waals surface area contributed by atoms with Gasteiger partial charge in [0.15, 0.2) is 5.65 Å². The van der Waals surface area contributed by atoms with Crippen LogP contribution >= 0.6 is 0 Å². The highest BCUT2D eigenvalue weighted by Crippen LogP contribution is 2.22. The molecule has 1 aliphatic heterocycles. The van der Waals surface area contributed by atoms with Crippen molar-refractivity contribution < 1.29 is 0 Å². The molecule has 0 saturated carbocycles. The van der Waals surface area contributed by atoms with Crippen molar-refractivity contribution >= 4 is 11.5 Å². The van der Waals surface area contributed by atoms with Gasteiger partial charge in [-0.25, -0.2) is 9.50 Å². The van der Waals surface area contributed by atoms with Crippen LogP contribution in [0.5, 0.6) is 0 Å². The van der Waals surface area contributed by atoms with Crippen LogP contribution in [-0.2, 0) is 0 Å². The van der Waals surface area contributed by atoms with Crippen LogP contribution in [0.1, 0.15) is 6.92 Å². The number of benzene rings is 1. The second-order valence-corrected chi connectivity index (χ2v) is 5.89. The molecule has 0 N–H and O–H groups in total. The van der Waals surface area contributed by atoms with E-state index in [1.54, 1.807) is 0 Å². The Labute approximate surface area is 136 Å². The van der Waals surface area contributed by atoms with Gasteiger partial charge in [0.2, 0.25) is 0 Å². The second-order valence-electron chi connectivity index (χ2n) is 5.89. The van der Waals surface area contributed by atoms with Crippen molar-refractivity contribution in [2.45, 2.75) is 6.92 Å². The van der Waals surface area contributed by atoms with Gasteiger partial charge < -0.3 is 9.80 Å². The summed E-state index contributed by atoms with van der Waals surface area (Å²) in [6.45, 7) is 7.61. The number of hydrogen-bond acceptors (Lipinski definition) is 4. The maximum atomic E-state index is 4.85. The van der Waals surface area contributed by atoms with Gasteiger partial charge in [-0.3, -0.25) is 0 Å². The van der Waals surface area contributed by atoms with E-state index >= 15 is 0 Å². The highest BCUT2D eigenvalue weighted by Gasteiger charge is 2.18. The van der Waals surface area contributed by atoms with Gasteiger partial charge in [0.05, 0.1) is 11.9 Å². The average Bonchev–Trinajstić information content (AvgIpc) is 3.05. The molecule has 0 spiro atoms. The van der Waals surface area contributed by atoms with Gasteiger partial charge in [-0.2, -0.15) is 0 Å². The molecule has 0 aliphatic carbocycles. The van der Waals surface area contributed by atoms with E-state index in [2.05, 4.69) is 46.0 Å². The summed E-state index contributed by atoms with van der Waals surface area (Å²) in [5.41, 5.74) is 3.06. The molecule has 3 heterocycles. The van der Waals surface area contributed by atoms with Gasteiger partial charge in [-0.1, -0.05) is 37.3 Å². The maximum absolute atomic E-state index is 4.85. The minimum atomic E-state index is 0.889. The van der Waals surface area contributed by atoms with E-state index in [4.69, 9.17) is 5.10 Å². The first-order valence-corrected chi connectivity index (χ1v) is 8.22. The number of piperazine rings is 1. The molecule has 3 aromatic rings. The zero-order valence-electron chi connectivity index (χ0n) is 13.4. The molecule has 1 aromatic carbocycles. The molecule has 0 unspecified atom stereocenters. The third-order valence-corrected chi connectivity index (χ3v) is 4.56. The fraction of sp³-hybridized carbons (Fsp3) is 0.333. The number of fused-ring (bicyclic) bond motifs is 1. The second kappa shape index (κ2) is 6.01. The van der Waals surface area contributed by atoms with Crippen molar-refractivity contribution in [3.05, 3.63) is 48.7 Å². The largest absolute Gasteiger partial charge is 0.353 e. The minimum absolute atomic E-state index is 0.889. The molecule has 1 saturated heterocycles. The monoisotopic (exact) mass is 307 g/mol. The molecule has 0 amide bonds. The quantitative estimate of drug-likeness (QED) is 0.745. The molecule has 5 nitrogen and oxygen atoms in total. The first kappa shape index (κ1) is 14.2. The first-order valence-electron chi connectivity index (χ1n) is 8.22. The van der Waals surface area contributed by atoms with Crippen molar-refractivity contribution in [3.8, 4) is 11.3 Å². The van der Waals surface area contributed by atoms with Crippen LogP contribution in [0.4, 0.5) is 5.82 Å². The Morgan fingerprint density at radius 2 is 1.74 bits per heavy atom. The number of anilines is 1. The van der Waals surface area contributed by atoms with Gasteiger partial charge in [-0.15, -0.1) is 5.10 Å². The summed E-state index contributed by atoms with van der Waals surface area (Å²) in [4.78, 5) is 9.32. The Balaban J connectivity index is 1.68. The lowest BCUT2D eigenvalue weighted by molar-refractivity contribution is 0.270. The van der Waals surface area contributed by atoms with Crippen LogP contribution < -0.4 is 4.90 Å². The Bertz CT molecular complexity index is 788. The Hall–Kier alpha value is -2.40. The molecule has 2 aromatic heterocycles. The molecule has 0 bridgehead atoms. The van der Waals surface area contributed by atoms with E-state index in [1.165, 1.54) is 0 Å². The third kappa shape index (κ3) is 2.68.